The minimum atomic E-state index is -0.329. The first-order chi connectivity index (χ1) is 14.4. The van der Waals surface area contributed by atoms with E-state index >= 15 is 0 Å². The third kappa shape index (κ3) is 3.83. The number of nitrogens with zero attached hydrogens (tertiary/aromatic N) is 3. The van der Waals surface area contributed by atoms with E-state index in [1.54, 1.807) is 52.2 Å². The quantitative estimate of drug-likeness (QED) is 0.698. The Morgan fingerprint density at radius 3 is 2.60 bits per heavy atom. The van der Waals surface area contributed by atoms with Crippen molar-refractivity contribution in [3.05, 3.63) is 77.4 Å². The molecule has 0 bridgehead atoms. The molecule has 2 amide bonds. The molecule has 7 heteroatoms. The van der Waals surface area contributed by atoms with Crippen molar-refractivity contribution in [2.45, 2.75) is 32.7 Å². The summed E-state index contributed by atoms with van der Waals surface area (Å²) in [6.07, 6.45) is 3.12. The average molecular weight is 406 g/mol. The second-order valence-corrected chi connectivity index (χ2v) is 7.47. The predicted molar refractivity (Wildman–Crippen MR) is 112 cm³/mol. The topological polar surface area (TPSA) is 67.2 Å². The molecule has 154 valence electrons. The highest BCUT2D eigenvalue weighted by Crippen LogP contribution is 2.23. The highest BCUT2D eigenvalue weighted by molar-refractivity contribution is 5.97. The average Bonchev–Trinajstić information content (AvgIpc) is 3.33. The van der Waals surface area contributed by atoms with Crippen molar-refractivity contribution in [2.24, 2.45) is 0 Å². The van der Waals surface area contributed by atoms with Crippen LogP contribution in [0.4, 0.5) is 10.1 Å². The summed E-state index contributed by atoms with van der Waals surface area (Å²) in [7, 11) is 0. The minimum absolute atomic E-state index is 0.117. The summed E-state index contributed by atoms with van der Waals surface area (Å²) >= 11 is 0. The second kappa shape index (κ2) is 8.10. The van der Waals surface area contributed by atoms with E-state index in [4.69, 9.17) is 0 Å². The maximum absolute atomic E-state index is 13.5. The molecule has 2 heterocycles. The monoisotopic (exact) mass is 406 g/mol. The Bertz CT molecular complexity index is 1090. The van der Waals surface area contributed by atoms with Gasteiger partial charge >= 0.3 is 0 Å². The minimum Gasteiger partial charge on any atom is -0.345 e. The molecule has 1 saturated heterocycles. The maximum atomic E-state index is 13.5. The Labute approximate surface area is 174 Å². The van der Waals surface area contributed by atoms with Crippen molar-refractivity contribution in [1.29, 1.82) is 0 Å². The second-order valence-electron chi connectivity index (χ2n) is 7.47. The van der Waals surface area contributed by atoms with Crippen molar-refractivity contribution in [2.75, 3.05) is 11.4 Å². The van der Waals surface area contributed by atoms with Crippen LogP contribution in [0.25, 0.3) is 5.69 Å². The Kier molecular flexibility index (Phi) is 5.35. The number of nitrogens with one attached hydrogen (secondary N) is 1. The fourth-order valence-corrected chi connectivity index (χ4v) is 3.79. The molecule has 1 aliphatic rings. The van der Waals surface area contributed by atoms with E-state index < -0.39 is 0 Å². The van der Waals surface area contributed by atoms with Gasteiger partial charge in [0, 0.05) is 35.5 Å². The summed E-state index contributed by atoms with van der Waals surface area (Å²) in [5, 5.41) is 7.33. The van der Waals surface area contributed by atoms with Crippen LogP contribution >= 0.6 is 0 Å². The van der Waals surface area contributed by atoms with Gasteiger partial charge in [-0.3, -0.25) is 9.59 Å². The third-order valence-electron chi connectivity index (χ3n) is 5.43. The molecule has 0 spiro atoms. The van der Waals surface area contributed by atoms with Gasteiger partial charge in [-0.25, -0.2) is 9.07 Å². The van der Waals surface area contributed by atoms with Gasteiger partial charge in [-0.05, 0) is 62.7 Å². The van der Waals surface area contributed by atoms with E-state index in [0.717, 1.165) is 29.9 Å². The first-order valence-electron chi connectivity index (χ1n) is 9.96. The molecular formula is C23H23FN4O2. The summed E-state index contributed by atoms with van der Waals surface area (Å²) in [6, 6.07) is 13.0. The van der Waals surface area contributed by atoms with Gasteiger partial charge in [0.2, 0.25) is 5.91 Å². The number of hydrogen-bond donors (Lipinski definition) is 1. The van der Waals surface area contributed by atoms with Gasteiger partial charge in [-0.15, -0.1) is 0 Å². The normalized spacial score (nSPS) is 14.8. The zero-order chi connectivity index (χ0) is 21.3. The lowest BCUT2D eigenvalue weighted by Crippen LogP contribution is -2.27. The van der Waals surface area contributed by atoms with Gasteiger partial charge in [0.1, 0.15) is 5.82 Å². The van der Waals surface area contributed by atoms with Gasteiger partial charge in [0.25, 0.3) is 5.91 Å². The molecule has 0 radical (unpaired) electrons. The van der Waals surface area contributed by atoms with E-state index in [-0.39, 0.29) is 23.7 Å². The molecule has 1 aliphatic heterocycles. The SMILES string of the molecule is Cc1c([C@@H](C)NC(=O)c2ccc(N3CCCC3=O)cc2)cnn1-c1cccc(F)c1. The number of carbonyl (C=O) groups excluding carboxylic acids is 2. The molecule has 30 heavy (non-hydrogen) atoms. The standard InChI is InChI=1S/C23H23FN4O2/c1-15(21-14-25-28(16(21)2)20-6-3-5-18(24)13-20)26-23(30)17-8-10-19(11-9-17)27-12-4-7-22(27)29/h3,5-6,8-11,13-15H,4,7,12H2,1-2H3,(H,26,30)/t15-/m1/s1. The molecule has 0 saturated carbocycles. The van der Waals surface area contributed by atoms with Crippen molar-refractivity contribution < 1.29 is 14.0 Å². The van der Waals surface area contributed by atoms with Crippen LogP contribution in [-0.2, 0) is 4.79 Å². The fraction of sp³-hybridized carbons (Fsp3) is 0.261. The lowest BCUT2D eigenvalue weighted by molar-refractivity contribution is -0.117. The molecule has 0 unspecified atom stereocenters. The molecule has 4 rings (SSSR count). The number of anilines is 1. The van der Waals surface area contributed by atoms with Gasteiger partial charge in [-0.2, -0.15) is 5.10 Å². The van der Waals surface area contributed by atoms with Crippen molar-refractivity contribution in [1.82, 2.24) is 15.1 Å². The summed E-state index contributed by atoms with van der Waals surface area (Å²) in [6.45, 7) is 4.49. The summed E-state index contributed by atoms with van der Waals surface area (Å²) in [4.78, 5) is 26.3. The molecule has 2 aromatic carbocycles. The molecule has 1 N–H and O–H groups in total. The molecular weight excluding hydrogens is 383 g/mol. The predicted octanol–water partition coefficient (Wildman–Crippen LogP) is 3.94. The lowest BCUT2D eigenvalue weighted by atomic mass is 10.1. The first kappa shape index (κ1) is 19.8. The van der Waals surface area contributed by atoms with E-state index in [1.165, 1.54) is 12.1 Å². The van der Waals surface area contributed by atoms with E-state index in [2.05, 4.69) is 10.4 Å². The lowest BCUT2D eigenvalue weighted by Gasteiger charge is -2.17. The van der Waals surface area contributed by atoms with Gasteiger partial charge in [0.15, 0.2) is 0 Å². The van der Waals surface area contributed by atoms with Crippen molar-refractivity contribution >= 4 is 17.5 Å². The van der Waals surface area contributed by atoms with Crippen LogP contribution in [0, 0.1) is 12.7 Å². The van der Waals surface area contributed by atoms with Crippen LogP contribution in [-0.4, -0.2) is 28.1 Å². The molecule has 3 aromatic rings. The Hall–Kier alpha value is -3.48. The van der Waals surface area contributed by atoms with Gasteiger partial charge in [0.05, 0.1) is 17.9 Å². The zero-order valence-electron chi connectivity index (χ0n) is 16.9. The van der Waals surface area contributed by atoms with Gasteiger partial charge < -0.3 is 10.2 Å². The van der Waals surface area contributed by atoms with Crippen LogP contribution < -0.4 is 10.2 Å². The third-order valence-corrected chi connectivity index (χ3v) is 5.43. The molecule has 6 nitrogen and oxygen atoms in total. The molecule has 1 fully saturated rings. The number of benzene rings is 2. The smallest absolute Gasteiger partial charge is 0.251 e. The Morgan fingerprint density at radius 2 is 1.93 bits per heavy atom. The van der Waals surface area contributed by atoms with Crippen molar-refractivity contribution in [3.63, 3.8) is 0 Å². The highest BCUT2D eigenvalue weighted by Gasteiger charge is 2.22. The highest BCUT2D eigenvalue weighted by atomic mass is 19.1. The number of hydrogen-bond acceptors (Lipinski definition) is 3. The summed E-state index contributed by atoms with van der Waals surface area (Å²) in [5.41, 5.74) is 3.65. The van der Waals surface area contributed by atoms with Gasteiger partial charge in [-0.1, -0.05) is 6.07 Å². The maximum Gasteiger partial charge on any atom is 0.251 e. The molecule has 1 aromatic heterocycles. The van der Waals surface area contributed by atoms with E-state index in [9.17, 15) is 14.0 Å². The summed E-state index contributed by atoms with van der Waals surface area (Å²) < 4.78 is 15.2. The molecule has 0 aliphatic carbocycles. The van der Waals surface area contributed by atoms with Crippen LogP contribution in [0.5, 0.6) is 0 Å². The Balaban J connectivity index is 1.47. The fourth-order valence-electron chi connectivity index (χ4n) is 3.79. The Morgan fingerprint density at radius 1 is 1.17 bits per heavy atom. The van der Waals surface area contributed by atoms with Crippen molar-refractivity contribution in [3.8, 4) is 5.69 Å². The summed E-state index contributed by atoms with van der Waals surface area (Å²) in [5.74, 6) is -0.421. The number of amides is 2. The van der Waals surface area contributed by atoms with E-state index in [0.29, 0.717) is 17.7 Å². The first-order valence-corrected chi connectivity index (χ1v) is 9.96. The number of rotatable bonds is 5. The largest absolute Gasteiger partial charge is 0.345 e. The van der Waals surface area contributed by atoms with E-state index in [1.807, 2.05) is 13.8 Å². The zero-order valence-corrected chi connectivity index (χ0v) is 16.9. The number of carbonyl (C=O) groups is 2. The van der Waals surface area contributed by atoms with Crippen LogP contribution in [0.3, 0.4) is 0 Å². The number of aromatic nitrogens is 2. The van der Waals surface area contributed by atoms with Crippen LogP contribution in [0.2, 0.25) is 0 Å². The number of halogens is 1. The molecule has 1 atom stereocenters. The van der Waals surface area contributed by atoms with Crippen LogP contribution in [0.1, 0.15) is 47.4 Å². The van der Waals surface area contributed by atoms with Crippen LogP contribution in [0.15, 0.2) is 54.7 Å².